The Labute approximate surface area is 163 Å². The lowest BCUT2D eigenvalue weighted by Crippen LogP contribution is -2.44. The molecule has 1 saturated heterocycles. The van der Waals surface area contributed by atoms with Gasteiger partial charge < -0.3 is 10.6 Å². The van der Waals surface area contributed by atoms with E-state index in [4.69, 9.17) is 0 Å². The molecule has 1 aromatic carbocycles. The number of rotatable bonds is 5. The summed E-state index contributed by atoms with van der Waals surface area (Å²) in [5.74, 6) is -0.286. The Kier molecular flexibility index (Phi) is 5.48. The summed E-state index contributed by atoms with van der Waals surface area (Å²) >= 11 is 6.75. The summed E-state index contributed by atoms with van der Waals surface area (Å²) in [5, 5.41) is 5.67. The number of amides is 4. The summed E-state index contributed by atoms with van der Waals surface area (Å²) < 4.78 is 1.66. The predicted molar refractivity (Wildman–Crippen MR) is 101 cm³/mol. The van der Waals surface area contributed by atoms with Crippen molar-refractivity contribution < 1.29 is 14.4 Å². The first-order valence-corrected chi connectivity index (χ1v) is 9.89. The molecular formula is C17H19Br2N3O3. The third-order valence-corrected chi connectivity index (χ3v) is 5.88. The van der Waals surface area contributed by atoms with Crippen LogP contribution in [0.15, 0.2) is 27.1 Å². The summed E-state index contributed by atoms with van der Waals surface area (Å²) in [4.78, 5) is 38.0. The van der Waals surface area contributed by atoms with Gasteiger partial charge in [-0.2, -0.15) is 0 Å². The Morgan fingerprint density at radius 2 is 1.96 bits per heavy atom. The lowest BCUT2D eigenvalue weighted by molar-refractivity contribution is -0.131. The number of halogens is 2. The third kappa shape index (κ3) is 3.89. The van der Waals surface area contributed by atoms with E-state index in [1.54, 1.807) is 0 Å². The molecule has 1 heterocycles. The molecule has 2 N–H and O–H groups in total. The van der Waals surface area contributed by atoms with Crippen LogP contribution >= 0.6 is 31.9 Å². The van der Waals surface area contributed by atoms with Crippen LogP contribution in [0, 0.1) is 0 Å². The first-order valence-electron chi connectivity index (χ1n) is 8.30. The Bertz CT molecular complexity index is 717. The van der Waals surface area contributed by atoms with Gasteiger partial charge in [-0.1, -0.05) is 28.8 Å². The minimum atomic E-state index is -0.680. The van der Waals surface area contributed by atoms with Gasteiger partial charge in [0.1, 0.15) is 5.54 Å². The van der Waals surface area contributed by atoms with E-state index in [0.29, 0.717) is 24.9 Å². The molecule has 1 aliphatic heterocycles. The van der Waals surface area contributed by atoms with E-state index in [2.05, 4.69) is 42.5 Å². The maximum Gasteiger partial charge on any atom is 0.325 e. The van der Waals surface area contributed by atoms with Crippen molar-refractivity contribution in [3.05, 3.63) is 27.1 Å². The van der Waals surface area contributed by atoms with E-state index in [0.717, 1.165) is 21.8 Å². The van der Waals surface area contributed by atoms with Crippen molar-refractivity contribution in [1.29, 1.82) is 0 Å². The second kappa shape index (κ2) is 7.45. The highest BCUT2D eigenvalue weighted by molar-refractivity contribution is 9.11. The van der Waals surface area contributed by atoms with Crippen LogP contribution in [0.2, 0.25) is 0 Å². The van der Waals surface area contributed by atoms with E-state index < -0.39 is 5.54 Å². The normalized spacial score (nSPS) is 18.7. The summed E-state index contributed by atoms with van der Waals surface area (Å²) in [5.41, 5.74) is -0.000153. The van der Waals surface area contributed by atoms with Gasteiger partial charge in [-0.3, -0.25) is 14.5 Å². The average molecular weight is 473 g/mol. The molecule has 2 aliphatic rings. The monoisotopic (exact) mass is 471 g/mol. The fourth-order valence-corrected chi connectivity index (χ4v) is 4.11. The lowest BCUT2D eigenvalue weighted by atomic mass is 9.98. The van der Waals surface area contributed by atoms with Gasteiger partial charge in [0.05, 0.1) is 5.69 Å². The molecule has 0 bridgehead atoms. The van der Waals surface area contributed by atoms with E-state index >= 15 is 0 Å². The molecular weight excluding hydrogens is 454 g/mol. The van der Waals surface area contributed by atoms with E-state index in [1.807, 2.05) is 18.2 Å². The number of imide groups is 1. The molecule has 8 heteroatoms. The maximum absolute atomic E-state index is 12.5. The van der Waals surface area contributed by atoms with Crippen molar-refractivity contribution in [3.63, 3.8) is 0 Å². The standard InChI is InChI=1S/C17H19Br2N3O3/c18-11-5-6-12(19)13(10-11)20-14(23)4-3-9-22-15(24)17(21-16(22)25)7-1-2-8-17/h5-6,10H,1-4,7-9H2,(H,20,23)(H,21,25). The van der Waals surface area contributed by atoms with Crippen LogP contribution in [0.1, 0.15) is 38.5 Å². The molecule has 25 heavy (non-hydrogen) atoms. The molecule has 0 atom stereocenters. The third-order valence-electron chi connectivity index (χ3n) is 4.69. The van der Waals surface area contributed by atoms with Crippen LogP contribution in [0.3, 0.4) is 0 Å². The van der Waals surface area contributed by atoms with Crippen LogP contribution in [-0.2, 0) is 9.59 Å². The predicted octanol–water partition coefficient (Wildman–Crippen LogP) is 3.79. The zero-order valence-corrected chi connectivity index (χ0v) is 16.8. The van der Waals surface area contributed by atoms with E-state index in [1.165, 1.54) is 4.90 Å². The van der Waals surface area contributed by atoms with Crippen molar-refractivity contribution >= 4 is 55.4 Å². The first-order chi connectivity index (χ1) is 11.9. The second-order valence-corrected chi connectivity index (χ2v) is 8.22. The van der Waals surface area contributed by atoms with Gasteiger partial charge >= 0.3 is 6.03 Å². The van der Waals surface area contributed by atoms with Crippen molar-refractivity contribution in [3.8, 4) is 0 Å². The zero-order valence-electron chi connectivity index (χ0n) is 13.6. The largest absolute Gasteiger partial charge is 0.325 e. The smallest absolute Gasteiger partial charge is 0.325 e. The minimum Gasteiger partial charge on any atom is -0.325 e. The Morgan fingerprint density at radius 1 is 1.24 bits per heavy atom. The number of carbonyl (C=O) groups is 3. The molecule has 1 aliphatic carbocycles. The zero-order chi connectivity index (χ0) is 18.0. The van der Waals surface area contributed by atoms with Crippen LogP contribution < -0.4 is 10.6 Å². The van der Waals surface area contributed by atoms with Gasteiger partial charge in [0.15, 0.2) is 0 Å². The van der Waals surface area contributed by atoms with Gasteiger partial charge in [-0.15, -0.1) is 0 Å². The van der Waals surface area contributed by atoms with Crippen molar-refractivity contribution in [2.45, 2.75) is 44.1 Å². The van der Waals surface area contributed by atoms with Gasteiger partial charge in [0.2, 0.25) is 5.91 Å². The highest BCUT2D eigenvalue weighted by atomic mass is 79.9. The van der Waals surface area contributed by atoms with Gasteiger partial charge in [0.25, 0.3) is 5.91 Å². The number of urea groups is 1. The molecule has 1 spiro atoms. The fraction of sp³-hybridized carbons (Fsp3) is 0.471. The van der Waals surface area contributed by atoms with Crippen molar-refractivity contribution in [2.75, 3.05) is 11.9 Å². The molecule has 6 nitrogen and oxygen atoms in total. The number of anilines is 1. The minimum absolute atomic E-state index is 0.134. The summed E-state index contributed by atoms with van der Waals surface area (Å²) in [6.45, 7) is 0.263. The van der Waals surface area contributed by atoms with Gasteiger partial charge in [-0.25, -0.2) is 4.79 Å². The van der Waals surface area contributed by atoms with Gasteiger partial charge in [0, 0.05) is 21.9 Å². The van der Waals surface area contributed by atoms with Crippen molar-refractivity contribution in [2.24, 2.45) is 0 Å². The Balaban J connectivity index is 1.51. The van der Waals surface area contributed by atoms with E-state index in [-0.39, 0.29) is 30.8 Å². The summed E-state index contributed by atoms with van der Waals surface area (Å²) in [7, 11) is 0. The summed E-state index contributed by atoms with van der Waals surface area (Å²) in [6.07, 6.45) is 4.03. The maximum atomic E-state index is 12.5. The fourth-order valence-electron chi connectivity index (χ4n) is 3.40. The van der Waals surface area contributed by atoms with Crippen LogP contribution in [-0.4, -0.2) is 34.8 Å². The molecule has 1 aromatic rings. The topological polar surface area (TPSA) is 78.5 Å². The molecule has 0 aromatic heterocycles. The molecule has 3 rings (SSSR count). The molecule has 0 unspecified atom stereocenters. The van der Waals surface area contributed by atoms with Crippen molar-refractivity contribution in [1.82, 2.24) is 10.2 Å². The van der Waals surface area contributed by atoms with E-state index in [9.17, 15) is 14.4 Å². The summed E-state index contributed by atoms with van der Waals surface area (Å²) in [6, 6.07) is 5.19. The lowest BCUT2D eigenvalue weighted by Gasteiger charge is -2.19. The number of nitrogens with zero attached hydrogens (tertiary/aromatic N) is 1. The SMILES string of the molecule is O=C(CCCN1C(=O)NC2(CCCC2)C1=O)Nc1cc(Br)ccc1Br. The molecule has 2 fully saturated rings. The molecule has 4 amide bonds. The molecule has 0 radical (unpaired) electrons. The van der Waals surface area contributed by atoms with Gasteiger partial charge in [-0.05, 0) is 53.4 Å². The molecule has 134 valence electrons. The Hall–Kier alpha value is -1.41. The number of benzene rings is 1. The highest BCUT2D eigenvalue weighted by Crippen LogP contribution is 2.35. The number of carbonyl (C=O) groups excluding carboxylic acids is 3. The number of hydrogen-bond acceptors (Lipinski definition) is 3. The number of nitrogens with one attached hydrogen (secondary N) is 2. The average Bonchev–Trinajstić information content (AvgIpc) is 3.12. The first kappa shape index (κ1) is 18.4. The Morgan fingerprint density at radius 3 is 2.68 bits per heavy atom. The highest BCUT2D eigenvalue weighted by Gasteiger charge is 2.51. The van der Waals surface area contributed by atoms with Crippen LogP contribution in [0.4, 0.5) is 10.5 Å². The van der Waals surface area contributed by atoms with Crippen LogP contribution in [0.25, 0.3) is 0 Å². The second-order valence-electron chi connectivity index (χ2n) is 6.45. The quantitative estimate of drug-likeness (QED) is 0.639. The molecule has 1 saturated carbocycles. The van der Waals surface area contributed by atoms with Crippen LogP contribution in [0.5, 0.6) is 0 Å². The number of hydrogen-bond donors (Lipinski definition) is 2.